The molecule has 0 saturated carbocycles. The van der Waals surface area contributed by atoms with Crippen molar-refractivity contribution in [3.05, 3.63) is 34.9 Å². The Morgan fingerprint density at radius 2 is 2.24 bits per heavy atom. The molecule has 0 N–H and O–H groups in total. The van der Waals surface area contributed by atoms with Gasteiger partial charge in [0.15, 0.2) is 0 Å². The Kier molecular flexibility index (Phi) is 3.57. The van der Waals surface area contributed by atoms with Crippen molar-refractivity contribution in [2.45, 2.75) is 11.0 Å². The fraction of sp³-hybridized carbons (Fsp3) is 0.250. The molecular formula is C12H12N6O2S. The van der Waals surface area contributed by atoms with E-state index in [0.717, 1.165) is 0 Å². The molecule has 0 bridgehead atoms. The number of rotatable bonds is 4. The van der Waals surface area contributed by atoms with Gasteiger partial charge >= 0.3 is 0 Å². The summed E-state index contributed by atoms with van der Waals surface area (Å²) in [5.74, 6) is 1.06. The van der Waals surface area contributed by atoms with Gasteiger partial charge in [-0.05, 0) is 22.6 Å². The summed E-state index contributed by atoms with van der Waals surface area (Å²) in [5.41, 5.74) is 0.506. The van der Waals surface area contributed by atoms with Crippen molar-refractivity contribution in [2.75, 3.05) is 7.11 Å². The molecule has 2 heterocycles. The van der Waals surface area contributed by atoms with E-state index in [1.165, 1.54) is 22.7 Å². The Labute approximate surface area is 123 Å². The lowest BCUT2D eigenvalue weighted by Crippen LogP contribution is -2.19. The summed E-state index contributed by atoms with van der Waals surface area (Å²) < 4.78 is 8.20. The molecule has 8 nitrogen and oxygen atoms in total. The van der Waals surface area contributed by atoms with Gasteiger partial charge in [-0.1, -0.05) is 11.8 Å². The number of aryl methyl sites for hydroxylation is 1. The first-order chi connectivity index (χ1) is 10.2. The lowest BCUT2D eigenvalue weighted by molar-refractivity contribution is 0.415. The molecule has 21 heavy (non-hydrogen) atoms. The lowest BCUT2D eigenvalue weighted by atomic mass is 10.2. The van der Waals surface area contributed by atoms with Crippen molar-refractivity contribution in [1.82, 2.24) is 29.8 Å². The van der Waals surface area contributed by atoms with Crippen LogP contribution in [0.25, 0.3) is 10.9 Å². The van der Waals surface area contributed by atoms with Crippen LogP contribution in [0.15, 0.2) is 34.5 Å². The molecule has 0 fully saturated rings. The van der Waals surface area contributed by atoms with E-state index in [9.17, 15) is 4.79 Å². The Hall–Kier alpha value is -2.42. The van der Waals surface area contributed by atoms with Crippen molar-refractivity contribution >= 4 is 22.7 Å². The predicted molar refractivity (Wildman–Crippen MR) is 77.2 cm³/mol. The third-order valence-electron chi connectivity index (χ3n) is 2.95. The minimum absolute atomic E-state index is 0.106. The van der Waals surface area contributed by atoms with E-state index in [0.29, 0.717) is 27.7 Å². The third-order valence-corrected chi connectivity index (χ3v) is 3.96. The van der Waals surface area contributed by atoms with Crippen LogP contribution in [0.5, 0.6) is 5.75 Å². The SMILES string of the molecule is COc1ccc2c(=O)n(CSc3nnnn3C)cnc2c1. The Morgan fingerprint density at radius 1 is 1.38 bits per heavy atom. The van der Waals surface area contributed by atoms with Gasteiger partial charge in [0, 0.05) is 13.1 Å². The standard InChI is InChI=1S/C12H12N6O2S/c1-17-12(14-15-16-17)21-7-18-6-13-10-5-8(20-2)3-4-9(10)11(18)19/h3-6H,7H2,1-2H3. The zero-order valence-electron chi connectivity index (χ0n) is 11.4. The number of fused-ring (bicyclic) bond motifs is 1. The number of hydrogen-bond acceptors (Lipinski definition) is 7. The van der Waals surface area contributed by atoms with Crippen LogP contribution in [0.3, 0.4) is 0 Å². The molecule has 1 aromatic carbocycles. The number of nitrogens with zero attached hydrogens (tertiary/aromatic N) is 6. The maximum atomic E-state index is 12.4. The minimum atomic E-state index is -0.106. The molecule has 0 atom stereocenters. The van der Waals surface area contributed by atoms with Gasteiger partial charge in [-0.25, -0.2) is 9.67 Å². The molecule has 0 radical (unpaired) electrons. The first-order valence-electron chi connectivity index (χ1n) is 6.07. The Balaban J connectivity index is 1.91. The summed E-state index contributed by atoms with van der Waals surface area (Å²) in [7, 11) is 3.32. The fourth-order valence-corrected chi connectivity index (χ4v) is 2.58. The molecule has 3 aromatic rings. The van der Waals surface area contributed by atoms with Crippen LogP contribution in [0, 0.1) is 0 Å². The first-order valence-corrected chi connectivity index (χ1v) is 7.06. The number of aromatic nitrogens is 6. The van der Waals surface area contributed by atoms with Crippen molar-refractivity contribution in [3.63, 3.8) is 0 Å². The second-order valence-corrected chi connectivity index (χ2v) is 5.17. The summed E-state index contributed by atoms with van der Waals surface area (Å²) in [6, 6.07) is 5.20. The van der Waals surface area contributed by atoms with Gasteiger partial charge in [0.25, 0.3) is 5.56 Å². The number of ether oxygens (including phenoxy) is 1. The van der Waals surface area contributed by atoms with Crippen molar-refractivity contribution < 1.29 is 4.74 Å². The van der Waals surface area contributed by atoms with Gasteiger partial charge in [-0.2, -0.15) is 0 Å². The highest BCUT2D eigenvalue weighted by molar-refractivity contribution is 7.98. The zero-order chi connectivity index (χ0) is 14.8. The molecule has 108 valence electrons. The molecular weight excluding hydrogens is 292 g/mol. The van der Waals surface area contributed by atoms with Crippen molar-refractivity contribution in [1.29, 1.82) is 0 Å². The topological polar surface area (TPSA) is 87.7 Å². The molecule has 0 spiro atoms. The van der Waals surface area contributed by atoms with E-state index in [2.05, 4.69) is 20.5 Å². The Morgan fingerprint density at radius 3 is 2.95 bits per heavy atom. The van der Waals surface area contributed by atoms with Crippen LogP contribution in [-0.4, -0.2) is 36.9 Å². The molecule has 0 amide bonds. The van der Waals surface area contributed by atoms with E-state index >= 15 is 0 Å². The van der Waals surface area contributed by atoms with E-state index in [1.54, 1.807) is 37.0 Å². The smallest absolute Gasteiger partial charge is 0.261 e. The monoisotopic (exact) mass is 304 g/mol. The molecule has 0 aliphatic carbocycles. The number of thioether (sulfide) groups is 1. The summed E-state index contributed by atoms with van der Waals surface area (Å²) in [6.45, 7) is 0. The van der Waals surface area contributed by atoms with Gasteiger partial charge in [0.05, 0.1) is 30.2 Å². The van der Waals surface area contributed by atoms with Crippen LogP contribution < -0.4 is 10.3 Å². The summed E-state index contributed by atoms with van der Waals surface area (Å²) in [5, 5.41) is 12.3. The molecule has 2 aromatic heterocycles. The molecule has 0 aliphatic rings. The highest BCUT2D eigenvalue weighted by atomic mass is 32.2. The largest absolute Gasteiger partial charge is 0.497 e. The van der Waals surface area contributed by atoms with Crippen LogP contribution in [0.2, 0.25) is 0 Å². The highest BCUT2D eigenvalue weighted by Gasteiger charge is 2.08. The Bertz CT molecular complexity index is 843. The average Bonchev–Trinajstić information content (AvgIpc) is 2.91. The molecule has 0 unspecified atom stereocenters. The van der Waals surface area contributed by atoms with Gasteiger partial charge in [0.2, 0.25) is 5.16 Å². The van der Waals surface area contributed by atoms with Crippen LogP contribution in [0.4, 0.5) is 0 Å². The van der Waals surface area contributed by atoms with Crippen molar-refractivity contribution in [3.8, 4) is 5.75 Å². The number of benzene rings is 1. The molecule has 9 heteroatoms. The van der Waals surface area contributed by atoms with Crippen molar-refractivity contribution in [2.24, 2.45) is 7.05 Å². The third kappa shape index (κ3) is 2.59. The number of tetrazole rings is 1. The van der Waals surface area contributed by atoms with Gasteiger partial charge in [-0.15, -0.1) is 5.10 Å². The maximum absolute atomic E-state index is 12.4. The number of methoxy groups -OCH3 is 1. The van der Waals surface area contributed by atoms with Gasteiger partial charge < -0.3 is 4.74 Å². The molecule has 3 rings (SSSR count). The average molecular weight is 304 g/mol. The quantitative estimate of drug-likeness (QED) is 0.655. The van der Waals surface area contributed by atoms with Gasteiger partial charge in [-0.3, -0.25) is 9.36 Å². The van der Waals surface area contributed by atoms with Crippen LogP contribution in [-0.2, 0) is 12.9 Å². The minimum Gasteiger partial charge on any atom is -0.497 e. The van der Waals surface area contributed by atoms with Crippen LogP contribution >= 0.6 is 11.8 Å². The normalized spacial score (nSPS) is 11.0. The van der Waals surface area contributed by atoms with E-state index < -0.39 is 0 Å². The predicted octanol–water partition coefficient (Wildman–Crippen LogP) is 0.678. The zero-order valence-corrected chi connectivity index (χ0v) is 12.2. The summed E-state index contributed by atoms with van der Waals surface area (Å²) >= 11 is 1.36. The van der Waals surface area contributed by atoms with E-state index in [-0.39, 0.29) is 5.56 Å². The summed E-state index contributed by atoms with van der Waals surface area (Å²) in [6.07, 6.45) is 1.51. The van der Waals surface area contributed by atoms with E-state index in [4.69, 9.17) is 4.74 Å². The van der Waals surface area contributed by atoms with Gasteiger partial charge in [0.1, 0.15) is 5.75 Å². The van der Waals surface area contributed by atoms with E-state index in [1.807, 2.05) is 0 Å². The fourth-order valence-electron chi connectivity index (χ4n) is 1.83. The maximum Gasteiger partial charge on any atom is 0.261 e. The summed E-state index contributed by atoms with van der Waals surface area (Å²) in [4.78, 5) is 16.7. The lowest BCUT2D eigenvalue weighted by Gasteiger charge is -2.06. The highest BCUT2D eigenvalue weighted by Crippen LogP contribution is 2.17. The second kappa shape index (κ2) is 5.52. The second-order valence-electron chi connectivity index (χ2n) is 4.26. The van der Waals surface area contributed by atoms with Crippen LogP contribution in [0.1, 0.15) is 0 Å². The first kappa shape index (κ1) is 13.6. The molecule has 0 aliphatic heterocycles. The number of hydrogen-bond donors (Lipinski definition) is 0. The molecule has 0 saturated heterocycles.